The summed E-state index contributed by atoms with van der Waals surface area (Å²) in [6.45, 7) is 0. The Bertz CT molecular complexity index is 811. The Morgan fingerprint density at radius 1 is 1.00 bits per heavy atom. The van der Waals surface area contributed by atoms with E-state index in [2.05, 4.69) is 32.6 Å². The van der Waals surface area contributed by atoms with Crippen molar-refractivity contribution in [1.29, 1.82) is 0 Å². The molecule has 0 radical (unpaired) electrons. The molecule has 0 amide bonds. The van der Waals surface area contributed by atoms with E-state index < -0.39 is 0 Å². The fraction of sp³-hybridized carbons (Fsp3) is 0.118. The van der Waals surface area contributed by atoms with Gasteiger partial charge < -0.3 is 5.73 Å². The monoisotopic (exact) mass is 309 g/mol. The minimum absolute atomic E-state index is 0.285. The number of rotatable bonds is 5. The van der Waals surface area contributed by atoms with Crippen molar-refractivity contribution in [2.75, 3.05) is 5.73 Å². The van der Waals surface area contributed by atoms with Crippen LogP contribution in [0.2, 0.25) is 0 Å². The molecule has 1 heterocycles. The van der Waals surface area contributed by atoms with Gasteiger partial charge in [-0.25, -0.2) is 4.39 Å². The van der Waals surface area contributed by atoms with Gasteiger partial charge in [-0.15, -0.1) is 5.11 Å². The normalized spacial score (nSPS) is 11.2. The number of nitrogen functional groups attached to an aromatic ring is 1. The summed E-state index contributed by atoms with van der Waals surface area (Å²) in [4.78, 5) is 0. The summed E-state index contributed by atoms with van der Waals surface area (Å²) >= 11 is 0. The number of anilines is 1. The van der Waals surface area contributed by atoms with Gasteiger partial charge in [0.15, 0.2) is 11.5 Å². The van der Waals surface area contributed by atoms with Crippen LogP contribution in [0.3, 0.4) is 0 Å². The molecule has 0 atom stereocenters. The van der Waals surface area contributed by atoms with Crippen molar-refractivity contribution in [2.24, 2.45) is 10.2 Å². The Kier molecular flexibility index (Phi) is 4.42. The van der Waals surface area contributed by atoms with Crippen LogP contribution < -0.4 is 5.73 Å². The Labute approximate surface area is 133 Å². The zero-order chi connectivity index (χ0) is 16.1. The van der Waals surface area contributed by atoms with Gasteiger partial charge >= 0.3 is 0 Å². The van der Waals surface area contributed by atoms with Crippen LogP contribution in [0.15, 0.2) is 64.8 Å². The SMILES string of the molecule is Nc1n[nH]c(CCc2ccccc2)c1N=Nc1cccc(F)c1. The molecule has 3 rings (SSSR count). The first kappa shape index (κ1) is 14.9. The van der Waals surface area contributed by atoms with Crippen LogP contribution >= 0.6 is 0 Å². The number of benzene rings is 2. The van der Waals surface area contributed by atoms with Gasteiger partial charge in [0.1, 0.15) is 5.82 Å². The highest BCUT2D eigenvalue weighted by molar-refractivity contribution is 5.60. The van der Waals surface area contributed by atoms with Gasteiger partial charge in [0.25, 0.3) is 0 Å². The van der Waals surface area contributed by atoms with Crippen molar-refractivity contribution < 1.29 is 4.39 Å². The van der Waals surface area contributed by atoms with E-state index in [0.717, 1.165) is 12.1 Å². The molecule has 6 heteroatoms. The lowest BCUT2D eigenvalue weighted by atomic mass is 10.1. The highest BCUT2D eigenvalue weighted by Crippen LogP contribution is 2.27. The molecule has 0 saturated heterocycles. The van der Waals surface area contributed by atoms with E-state index in [0.29, 0.717) is 17.8 Å². The second-order valence-corrected chi connectivity index (χ2v) is 5.10. The first-order valence-electron chi connectivity index (χ1n) is 7.26. The Balaban J connectivity index is 1.76. The third kappa shape index (κ3) is 3.79. The third-order valence-corrected chi connectivity index (χ3v) is 3.42. The van der Waals surface area contributed by atoms with Crippen molar-refractivity contribution >= 4 is 17.2 Å². The molecular formula is C17H16FN5. The molecule has 2 aromatic carbocycles. The Morgan fingerprint density at radius 2 is 1.83 bits per heavy atom. The molecule has 0 bridgehead atoms. The van der Waals surface area contributed by atoms with Gasteiger partial charge in [-0.1, -0.05) is 36.4 Å². The van der Waals surface area contributed by atoms with Crippen molar-refractivity contribution in [1.82, 2.24) is 10.2 Å². The summed E-state index contributed by atoms with van der Waals surface area (Å²) in [5.74, 6) is -0.0702. The number of aromatic nitrogens is 2. The Morgan fingerprint density at radius 3 is 2.61 bits per heavy atom. The first-order chi connectivity index (χ1) is 11.2. The first-order valence-corrected chi connectivity index (χ1v) is 7.26. The number of H-pyrrole nitrogens is 1. The maximum absolute atomic E-state index is 13.2. The summed E-state index contributed by atoms with van der Waals surface area (Å²) in [6, 6.07) is 16.0. The molecule has 0 spiro atoms. The fourth-order valence-electron chi connectivity index (χ4n) is 2.23. The average molecular weight is 309 g/mol. The number of aromatic amines is 1. The standard InChI is InChI=1S/C17H16FN5/c18-13-7-4-8-14(11-13)20-22-16-15(21-23-17(16)19)10-9-12-5-2-1-3-6-12/h1-8,11H,9-10H2,(H3,19,21,23). The molecule has 116 valence electrons. The molecule has 0 saturated carbocycles. The number of nitrogens with zero attached hydrogens (tertiary/aromatic N) is 3. The predicted molar refractivity (Wildman–Crippen MR) is 87.4 cm³/mol. The van der Waals surface area contributed by atoms with Crippen molar-refractivity contribution in [2.45, 2.75) is 12.8 Å². The van der Waals surface area contributed by atoms with E-state index in [1.165, 1.54) is 17.7 Å². The zero-order valence-electron chi connectivity index (χ0n) is 12.4. The van der Waals surface area contributed by atoms with Crippen LogP contribution in [0.1, 0.15) is 11.3 Å². The van der Waals surface area contributed by atoms with Gasteiger partial charge in [-0.05, 0) is 30.5 Å². The van der Waals surface area contributed by atoms with Crippen LogP contribution in [-0.4, -0.2) is 10.2 Å². The molecule has 1 aromatic heterocycles. The highest BCUT2D eigenvalue weighted by atomic mass is 19.1. The second kappa shape index (κ2) is 6.83. The van der Waals surface area contributed by atoms with E-state index >= 15 is 0 Å². The lowest BCUT2D eigenvalue weighted by molar-refractivity contribution is 0.628. The summed E-state index contributed by atoms with van der Waals surface area (Å²) in [5, 5.41) is 15.0. The molecule has 0 aliphatic heterocycles. The lowest BCUT2D eigenvalue weighted by Crippen LogP contribution is -1.92. The zero-order valence-corrected chi connectivity index (χ0v) is 12.4. The fourth-order valence-corrected chi connectivity index (χ4v) is 2.23. The second-order valence-electron chi connectivity index (χ2n) is 5.10. The van der Waals surface area contributed by atoms with Gasteiger partial charge in [0.05, 0.1) is 11.4 Å². The third-order valence-electron chi connectivity index (χ3n) is 3.42. The van der Waals surface area contributed by atoms with E-state index in [1.807, 2.05) is 18.2 Å². The smallest absolute Gasteiger partial charge is 0.173 e. The van der Waals surface area contributed by atoms with E-state index in [1.54, 1.807) is 12.1 Å². The number of hydrogen-bond donors (Lipinski definition) is 2. The van der Waals surface area contributed by atoms with Crippen molar-refractivity contribution in [3.8, 4) is 0 Å². The predicted octanol–water partition coefficient (Wildman–Crippen LogP) is 4.33. The minimum atomic E-state index is -0.356. The molecular weight excluding hydrogens is 293 g/mol. The molecule has 3 aromatic rings. The van der Waals surface area contributed by atoms with E-state index in [4.69, 9.17) is 5.73 Å². The number of aryl methyl sites for hydroxylation is 2. The lowest BCUT2D eigenvalue weighted by Gasteiger charge is -2.00. The van der Waals surface area contributed by atoms with Crippen LogP contribution in [0, 0.1) is 5.82 Å². The molecule has 5 nitrogen and oxygen atoms in total. The highest BCUT2D eigenvalue weighted by Gasteiger charge is 2.10. The van der Waals surface area contributed by atoms with Gasteiger partial charge in [0, 0.05) is 6.07 Å². The quantitative estimate of drug-likeness (QED) is 0.688. The van der Waals surface area contributed by atoms with Crippen molar-refractivity contribution in [3.05, 3.63) is 71.7 Å². The summed E-state index contributed by atoms with van der Waals surface area (Å²) in [7, 11) is 0. The molecule has 0 aliphatic rings. The Hall–Kier alpha value is -3.02. The topological polar surface area (TPSA) is 79.4 Å². The maximum atomic E-state index is 13.2. The average Bonchev–Trinajstić information content (AvgIpc) is 2.92. The van der Waals surface area contributed by atoms with Gasteiger partial charge in [-0.3, -0.25) is 5.10 Å². The number of hydrogen-bond acceptors (Lipinski definition) is 4. The molecule has 0 unspecified atom stereocenters. The number of nitrogens with two attached hydrogens (primary N) is 1. The van der Waals surface area contributed by atoms with Crippen LogP contribution in [0.5, 0.6) is 0 Å². The largest absolute Gasteiger partial charge is 0.380 e. The van der Waals surface area contributed by atoms with Gasteiger partial charge in [0.2, 0.25) is 0 Å². The van der Waals surface area contributed by atoms with Crippen LogP contribution in [0.25, 0.3) is 0 Å². The van der Waals surface area contributed by atoms with E-state index in [-0.39, 0.29) is 11.6 Å². The molecule has 0 fully saturated rings. The van der Waals surface area contributed by atoms with E-state index in [9.17, 15) is 4.39 Å². The maximum Gasteiger partial charge on any atom is 0.173 e. The summed E-state index contributed by atoms with van der Waals surface area (Å²) in [5.41, 5.74) is 8.80. The van der Waals surface area contributed by atoms with Crippen LogP contribution in [0.4, 0.5) is 21.6 Å². The number of nitrogens with one attached hydrogen (secondary N) is 1. The summed E-state index contributed by atoms with van der Waals surface area (Å²) < 4.78 is 13.2. The van der Waals surface area contributed by atoms with Crippen molar-refractivity contribution in [3.63, 3.8) is 0 Å². The van der Waals surface area contributed by atoms with Gasteiger partial charge in [-0.2, -0.15) is 10.2 Å². The minimum Gasteiger partial charge on any atom is -0.380 e. The summed E-state index contributed by atoms with van der Waals surface area (Å²) in [6.07, 6.45) is 1.55. The molecule has 3 N–H and O–H groups in total. The molecule has 23 heavy (non-hydrogen) atoms. The number of halogens is 1. The number of azo groups is 1. The molecule has 0 aliphatic carbocycles. The van der Waals surface area contributed by atoms with Crippen LogP contribution in [-0.2, 0) is 12.8 Å².